The number of benzene rings is 2. The first-order valence-corrected chi connectivity index (χ1v) is 5.14. The molecule has 0 saturated carbocycles. The molecule has 88 valence electrons. The maximum Gasteiger partial charge on any atom is 0.133 e. The zero-order valence-corrected chi connectivity index (χ0v) is 9.30. The van der Waals surface area contributed by atoms with Crippen LogP contribution in [0.15, 0.2) is 36.4 Å². The minimum absolute atomic E-state index is 0.343. The largest absolute Gasteiger partial charge is 0.397 e. The molecule has 0 fully saturated rings. The van der Waals surface area contributed by atoms with E-state index in [-0.39, 0.29) is 5.82 Å². The van der Waals surface area contributed by atoms with Crippen LogP contribution >= 0.6 is 0 Å². The fourth-order valence-electron chi connectivity index (χ4n) is 1.66. The van der Waals surface area contributed by atoms with Gasteiger partial charge < -0.3 is 11.1 Å². The molecule has 0 bridgehead atoms. The first-order valence-electron chi connectivity index (χ1n) is 5.14. The molecule has 0 radical (unpaired) electrons. The Morgan fingerprint density at radius 1 is 1.06 bits per heavy atom. The molecule has 0 aromatic heterocycles. The third-order valence-electron chi connectivity index (χ3n) is 2.56. The fourth-order valence-corrected chi connectivity index (χ4v) is 1.66. The molecule has 0 aliphatic heterocycles. The van der Waals surface area contributed by atoms with E-state index in [9.17, 15) is 8.78 Å². The van der Waals surface area contributed by atoms with Gasteiger partial charge in [-0.25, -0.2) is 8.78 Å². The van der Waals surface area contributed by atoms with E-state index in [4.69, 9.17) is 5.73 Å². The van der Waals surface area contributed by atoms with Crippen LogP contribution in [0.3, 0.4) is 0 Å². The molecule has 2 nitrogen and oxygen atoms in total. The van der Waals surface area contributed by atoms with Crippen LogP contribution < -0.4 is 11.1 Å². The van der Waals surface area contributed by atoms with Crippen LogP contribution in [0, 0.1) is 11.6 Å². The van der Waals surface area contributed by atoms with Gasteiger partial charge in [0.05, 0.1) is 11.4 Å². The summed E-state index contributed by atoms with van der Waals surface area (Å²) < 4.78 is 26.5. The van der Waals surface area contributed by atoms with Crippen LogP contribution in [-0.2, 0) is 0 Å². The van der Waals surface area contributed by atoms with Gasteiger partial charge in [-0.1, -0.05) is 12.1 Å². The molecule has 0 spiro atoms. The van der Waals surface area contributed by atoms with Crippen LogP contribution in [0.5, 0.6) is 0 Å². The van der Waals surface area contributed by atoms with E-state index in [1.54, 1.807) is 13.1 Å². The minimum Gasteiger partial charge on any atom is -0.397 e. The molecular weight excluding hydrogens is 222 g/mol. The third kappa shape index (κ3) is 2.20. The molecule has 4 heteroatoms. The van der Waals surface area contributed by atoms with Gasteiger partial charge in [0, 0.05) is 12.6 Å². The van der Waals surface area contributed by atoms with E-state index in [0.29, 0.717) is 22.5 Å². The molecule has 0 amide bonds. The van der Waals surface area contributed by atoms with E-state index in [0.717, 1.165) is 0 Å². The predicted molar refractivity (Wildman–Crippen MR) is 65.8 cm³/mol. The Hall–Kier alpha value is -2.10. The smallest absolute Gasteiger partial charge is 0.133 e. The third-order valence-corrected chi connectivity index (χ3v) is 2.56. The number of anilines is 2. The number of nitrogens with one attached hydrogen (secondary N) is 1. The molecule has 0 aliphatic rings. The van der Waals surface area contributed by atoms with Gasteiger partial charge in [0.1, 0.15) is 11.6 Å². The molecule has 0 aliphatic carbocycles. The van der Waals surface area contributed by atoms with Gasteiger partial charge in [0.15, 0.2) is 0 Å². The highest BCUT2D eigenvalue weighted by Gasteiger charge is 2.09. The summed E-state index contributed by atoms with van der Waals surface area (Å²) in [6.45, 7) is 0. The van der Waals surface area contributed by atoms with Crippen molar-refractivity contribution >= 4 is 11.4 Å². The number of rotatable bonds is 2. The minimum atomic E-state index is -0.423. The number of hydrogen-bond acceptors (Lipinski definition) is 2. The van der Waals surface area contributed by atoms with Crippen LogP contribution in [-0.4, -0.2) is 7.05 Å². The maximum atomic E-state index is 13.8. The summed E-state index contributed by atoms with van der Waals surface area (Å²) in [6, 6.07) is 8.52. The predicted octanol–water partition coefficient (Wildman–Crippen LogP) is 3.26. The molecule has 0 atom stereocenters. The Morgan fingerprint density at radius 3 is 2.29 bits per heavy atom. The van der Waals surface area contributed by atoms with Gasteiger partial charge in [-0.15, -0.1) is 0 Å². The number of nitrogens with two attached hydrogens (primary N) is 1. The number of nitrogen functional groups attached to an aromatic ring is 1. The van der Waals surface area contributed by atoms with Crippen LogP contribution in [0.25, 0.3) is 11.1 Å². The summed E-state index contributed by atoms with van der Waals surface area (Å²) in [6.07, 6.45) is 0. The summed E-state index contributed by atoms with van der Waals surface area (Å²) in [5.41, 5.74) is 7.63. The summed E-state index contributed by atoms with van der Waals surface area (Å²) in [5, 5.41) is 2.88. The lowest BCUT2D eigenvalue weighted by Gasteiger charge is -2.09. The standard InChI is InChI=1S/C13H12F2N2/c1-17-13-6-10(11(15)7-12(13)16)8-2-4-9(14)5-3-8/h2-7,17H,16H2,1H3. The molecule has 3 N–H and O–H groups in total. The van der Waals surface area contributed by atoms with Crippen molar-refractivity contribution in [2.45, 2.75) is 0 Å². The van der Waals surface area contributed by atoms with Crippen LogP contribution in [0.1, 0.15) is 0 Å². The Bertz CT molecular complexity index is 536. The molecular formula is C13H12F2N2. The van der Waals surface area contributed by atoms with E-state index in [1.165, 1.54) is 30.3 Å². The lowest BCUT2D eigenvalue weighted by molar-refractivity contribution is 0.626. The van der Waals surface area contributed by atoms with Crippen molar-refractivity contribution in [2.24, 2.45) is 0 Å². The average molecular weight is 234 g/mol. The summed E-state index contributed by atoms with van der Waals surface area (Å²) in [7, 11) is 1.71. The molecule has 0 saturated heterocycles. The molecule has 2 rings (SSSR count). The molecule has 0 heterocycles. The van der Waals surface area contributed by atoms with Gasteiger partial charge in [0.25, 0.3) is 0 Å². The van der Waals surface area contributed by atoms with E-state index >= 15 is 0 Å². The van der Waals surface area contributed by atoms with E-state index in [2.05, 4.69) is 5.32 Å². The molecule has 2 aromatic carbocycles. The fraction of sp³-hybridized carbons (Fsp3) is 0.0769. The molecule has 0 unspecified atom stereocenters. The van der Waals surface area contributed by atoms with Gasteiger partial charge >= 0.3 is 0 Å². The second-order valence-corrected chi connectivity index (χ2v) is 3.68. The number of hydrogen-bond donors (Lipinski definition) is 2. The lowest BCUT2D eigenvalue weighted by Crippen LogP contribution is -1.98. The van der Waals surface area contributed by atoms with Crippen molar-refractivity contribution in [1.29, 1.82) is 0 Å². The highest BCUT2D eigenvalue weighted by atomic mass is 19.1. The SMILES string of the molecule is CNc1cc(-c2ccc(F)cc2)c(F)cc1N. The lowest BCUT2D eigenvalue weighted by atomic mass is 10.0. The zero-order chi connectivity index (χ0) is 12.4. The normalized spacial score (nSPS) is 10.3. The van der Waals surface area contributed by atoms with Crippen molar-refractivity contribution in [3.8, 4) is 11.1 Å². The Labute approximate surface area is 98.1 Å². The summed E-state index contributed by atoms with van der Waals surface area (Å²) >= 11 is 0. The summed E-state index contributed by atoms with van der Waals surface area (Å²) in [4.78, 5) is 0. The molecule has 2 aromatic rings. The highest BCUT2D eigenvalue weighted by Crippen LogP contribution is 2.30. The quantitative estimate of drug-likeness (QED) is 0.783. The van der Waals surface area contributed by atoms with Crippen molar-refractivity contribution in [3.63, 3.8) is 0 Å². The monoisotopic (exact) mass is 234 g/mol. The van der Waals surface area contributed by atoms with E-state index in [1.807, 2.05) is 0 Å². The van der Waals surface area contributed by atoms with Crippen molar-refractivity contribution in [3.05, 3.63) is 48.0 Å². The van der Waals surface area contributed by atoms with Crippen molar-refractivity contribution < 1.29 is 8.78 Å². The van der Waals surface area contributed by atoms with Gasteiger partial charge in [-0.05, 0) is 29.8 Å². The topological polar surface area (TPSA) is 38.0 Å². The Balaban J connectivity index is 2.55. The first kappa shape index (κ1) is 11.4. The van der Waals surface area contributed by atoms with Gasteiger partial charge in [-0.3, -0.25) is 0 Å². The van der Waals surface area contributed by atoms with Gasteiger partial charge in [0.2, 0.25) is 0 Å². The Kier molecular flexibility index (Phi) is 2.95. The second kappa shape index (κ2) is 4.41. The van der Waals surface area contributed by atoms with Crippen molar-refractivity contribution in [1.82, 2.24) is 0 Å². The van der Waals surface area contributed by atoms with Crippen molar-refractivity contribution in [2.75, 3.05) is 18.1 Å². The summed E-state index contributed by atoms with van der Waals surface area (Å²) in [5.74, 6) is -0.772. The molecule has 17 heavy (non-hydrogen) atoms. The second-order valence-electron chi connectivity index (χ2n) is 3.68. The highest BCUT2D eigenvalue weighted by molar-refractivity contribution is 5.76. The average Bonchev–Trinajstić information content (AvgIpc) is 2.31. The zero-order valence-electron chi connectivity index (χ0n) is 9.30. The first-order chi connectivity index (χ1) is 8.11. The number of halogens is 2. The van der Waals surface area contributed by atoms with Gasteiger partial charge in [-0.2, -0.15) is 0 Å². The van der Waals surface area contributed by atoms with Crippen LogP contribution in [0.2, 0.25) is 0 Å². The van der Waals surface area contributed by atoms with E-state index < -0.39 is 5.82 Å². The Morgan fingerprint density at radius 2 is 1.71 bits per heavy atom. The maximum absolute atomic E-state index is 13.8. The van der Waals surface area contributed by atoms with Crippen LogP contribution in [0.4, 0.5) is 20.2 Å².